The van der Waals surface area contributed by atoms with E-state index in [2.05, 4.69) is 20.6 Å². The number of hydrogen-bond donors (Lipinski definition) is 3. The molecule has 0 spiro atoms. The van der Waals surface area contributed by atoms with Crippen LogP contribution in [0.2, 0.25) is 0 Å². The summed E-state index contributed by atoms with van der Waals surface area (Å²) in [5.74, 6) is 1.30. The third kappa shape index (κ3) is 3.38. The molecule has 1 atom stereocenters. The number of hydrogen-bond acceptors (Lipinski definition) is 8. The van der Waals surface area contributed by atoms with Crippen LogP contribution in [0.15, 0.2) is 41.1 Å². The quantitative estimate of drug-likeness (QED) is 0.402. The molecule has 6 rings (SSSR count). The van der Waals surface area contributed by atoms with Crippen molar-refractivity contribution in [2.24, 2.45) is 11.7 Å². The van der Waals surface area contributed by atoms with Gasteiger partial charge in [0.25, 0.3) is 0 Å². The number of amides is 2. The Hall–Kier alpha value is -4.21. The molecule has 1 unspecified atom stereocenters. The Kier molecular flexibility index (Phi) is 4.61. The van der Waals surface area contributed by atoms with Gasteiger partial charge >= 0.3 is 0 Å². The second-order valence-electron chi connectivity index (χ2n) is 8.72. The molecule has 3 aromatic heterocycles. The zero-order valence-corrected chi connectivity index (χ0v) is 18.5. The molecule has 2 fully saturated rings. The highest BCUT2D eigenvalue weighted by atomic mass is 16.3. The maximum Gasteiger partial charge on any atom is 0.240 e. The van der Waals surface area contributed by atoms with Crippen LogP contribution >= 0.6 is 0 Å². The van der Waals surface area contributed by atoms with Crippen LogP contribution < -0.4 is 21.3 Å². The summed E-state index contributed by atoms with van der Waals surface area (Å²) in [7, 11) is 1.79. The highest BCUT2D eigenvalue weighted by Crippen LogP contribution is 2.36. The summed E-state index contributed by atoms with van der Waals surface area (Å²) in [5, 5.41) is 7.57. The van der Waals surface area contributed by atoms with Crippen LogP contribution in [0.4, 0.5) is 17.3 Å². The molecule has 0 bridgehead atoms. The lowest BCUT2D eigenvalue weighted by molar-refractivity contribution is -0.120. The van der Waals surface area contributed by atoms with E-state index >= 15 is 0 Å². The largest absolute Gasteiger partial charge is 0.436 e. The lowest BCUT2D eigenvalue weighted by Crippen LogP contribution is -2.55. The van der Waals surface area contributed by atoms with E-state index in [4.69, 9.17) is 15.1 Å². The maximum atomic E-state index is 12.2. The highest BCUT2D eigenvalue weighted by Gasteiger charge is 2.33. The fourth-order valence-corrected chi connectivity index (χ4v) is 4.35. The number of benzene rings is 1. The first-order valence-corrected chi connectivity index (χ1v) is 11.3. The Balaban J connectivity index is 1.41. The predicted octanol–water partition coefficient (Wildman–Crippen LogP) is 2.89. The van der Waals surface area contributed by atoms with Crippen molar-refractivity contribution in [1.29, 1.82) is 0 Å². The highest BCUT2D eigenvalue weighted by molar-refractivity contribution is 6.03. The standard InChI is InChI=1S/C24H23N7O3/c1-26-22-15-10-27-20(30-23(33)12-2-3-12)9-14(15)16(11-28-22)24-29-17-8-13(4-5-19(17)34-24)31-7-6-18(31)21(25)32/h4-5,8-12,18H,2-3,6-7H2,1H3,(H2,25,32)(H,26,28)(H,27,30,33). The van der Waals surface area contributed by atoms with Gasteiger partial charge in [0.2, 0.25) is 17.7 Å². The van der Waals surface area contributed by atoms with Crippen LogP contribution in [-0.2, 0) is 9.59 Å². The van der Waals surface area contributed by atoms with E-state index in [9.17, 15) is 9.59 Å². The average molecular weight is 457 g/mol. The van der Waals surface area contributed by atoms with E-state index in [-0.39, 0.29) is 23.8 Å². The molecule has 4 N–H and O–H groups in total. The smallest absolute Gasteiger partial charge is 0.240 e. The molecule has 10 nitrogen and oxygen atoms in total. The van der Waals surface area contributed by atoms with Gasteiger partial charge < -0.3 is 25.7 Å². The normalized spacial score (nSPS) is 17.6. The van der Waals surface area contributed by atoms with Crippen LogP contribution in [0.25, 0.3) is 33.3 Å². The molecule has 172 valence electrons. The second-order valence-corrected chi connectivity index (χ2v) is 8.72. The molecule has 1 saturated heterocycles. The van der Waals surface area contributed by atoms with Crippen LogP contribution in [0.5, 0.6) is 0 Å². The van der Waals surface area contributed by atoms with Crippen molar-refractivity contribution in [3.05, 3.63) is 36.7 Å². The molecular weight excluding hydrogens is 434 g/mol. The van der Waals surface area contributed by atoms with E-state index < -0.39 is 0 Å². The molecule has 34 heavy (non-hydrogen) atoms. The Morgan fingerprint density at radius 3 is 2.68 bits per heavy atom. The molecule has 1 aliphatic heterocycles. The summed E-state index contributed by atoms with van der Waals surface area (Å²) >= 11 is 0. The second kappa shape index (κ2) is 7.68. The molecule has 4 heterocycles. The van der Waals surface area contributed by atoms with Crippen LogP contribution in [0.3, 0.4) is 0 Å². The van der Waals surface area contributed by atoms with Gasteiger partial charge in [-0.1, -0.05) is 0 Å². The average Bonchev–Trinajstić information content (AvgIpc) is 3.56. The number of carbonyl (C=O) groups excluding carboxylic acids is 2. The minimum absolute atomic E-state index is 0.00838. The Bertz CT molecular complexity index is 1460. The number of rotatable bonds is 6. The fourth-order valence-electron chi connectivity index (χ4n) is 4.35. The molecule has 1 aromatic carbocycles. The third-order valence-corrected chi connectivity index (χ3v) is 6.49. The Morgan fingerprint density at radius 2 is 1.97 bits per heavy atom. The summed E-state index contributed by atoms with van der Waals surface area (Å²) in [4.78, 5) is 39.5. The van der Waals surface area contributed by atoms with E-state index in [0.29, 0.717) is 34.2 Å². The molecule has 4 aromatic rings. The number of primary amides is 1. The van der Waals surface area contributed by atoms with Gasteiger partial charge in [-0.25, -0.2) is 15.0 Å². The molecule has 0 radical (unpaired) electrons. The van der Waals surface area contributed by atoms with Gasteiger partial charge in [-0.3, -0.25) is 9.59 Å². The van der Waals surface area contributed by atoms with Gasteiger partial charge in [0.1, 0.15) is 23.2 Å². The predicted molar refractivity (Wildman–Crippen MR) is 128 cm³/mol. The van der Waals surface area contributed by atoms with Crippen molar-refractivity contribution in [2.75, 3.05) is 29.1 Å². The number of anilines is 3. The van der Waals surface area contributed by atoms with Gasteiger partial charge in [0, 0.05) is 48.4 Å². The Morgan fingerprint density at radius 1 is 1.12 bits per heavy atom. The molecule has 2 amide bonds. The third-order valence-electron chi connectivity index (χ3n) is 6.49. The van der Waals surface area contributed by atoms with E-state index in [1.165, 1.54) is 0 Å². The first-order chi connectivity index (χ1) is 16.5. The molecule has 2 aliphatic rings. The van der Waals surface area contributed by atoms with Crippen molar-refractivity contribution >= 4 is 51.0 Å². The molecule has 1 saturated carbocycles. The van der Waals surface area contributed by atoms with E-state index in [0.717, 1.165) is 42.3 Å². The topological polar surface area (TPSA) is 139 Å². The number of nitrogens with zero attached hydrogens (tertiary/aromatic N) is 4. The fraction of sp³-hybridized carbons (Fsp3) is 0.292. The van der Waals surface area contributed by atoms with Gasteiger partial charge in [-0.15, -0.1) is 0 Å². The summed E-state index contributed by atoms with van der Waals surface area (Å²) in [6.07, 6.45) is 5.97. The molecule has 10 heteroatoms. The van der Waals surface area contributed by atoms with Crippen molar-refractivity contribution in [1.82, 2.24) is 15.0 Å². The zero-order valence-electron chi connectivity index (χ0n) is 18.5. The number of carbonyl (C=O) groups is 2. The first-order valence-electron chi connectivity index (χ1n) is 11.3. The van der Waals surface area contributed by atoms with Crippen molar-refractivity contribution in [3.63, 3.8) is 0 Å². The Labute approximate surface area is 194 Å². The van der Waals surface area contributed by atoms with Crippen LogP contribution in [-0.4, -0.2) is 46.4 Å². The van der Waals surface area contributed by atoms with Gasteiger partial charge in [-0.2, -0.15) is 0 Å². The van der Waals surface area contributed by atoms with E-state index in [1.807, 2.05) is 29.2 Å². The van der Waals surface area contributed by atoms with Crippen molar-refractivity contribution in [2.45, 2.75) is 25.3 Å². The molecular formula is C24H23N7O3. The monoisotopic (exact) mass is 457 g/mol. The molecule has 1 aliphatic carbocycles. The maximum absolute atomic E-state index is 12.2. The number of nitrogens with two attached hydrogens (primary N) is 1. The first kappa shape index (κ1) is 20.4. The summed E-state index contributed by atoms with van der Waals surface area (Å²) < 4.78 is 6.08. The number of nitrogens with one attached hydrogen (secondary N) is 2. The lowest BCUT2D eigenvalue weighted by atomic mass is 10.0. The number of pyridine rings is 2. The summed E-state index contributed by atoms with van der Waals surface area (Å²) in [6.45, 7) is 0.770. The van der Waals surface area contributed by atoms with Crippen molar-refractivity contribution < 1.29 is 14.0 Å². The minimum atomic E-state index is -0.326. The number of oxazole rings is 1. The lowest BCUT2D eigenvalue weighted by Gasteiger charge is -2.40. The van der Waals surface area contributed by atoms with Crippen LogP contribution in [0, 0.1) is 5.92 Å². The van der Waals surface area contributed by atoms with Gasteiger partial charge in [0.05, 0.1) is 5.56 Å². The summed E-state index contributed by atoms with van der Waals surface area (Å²) in [5.41, 5.74) is 8.36. The van der Waals surface area contributed by atoms with Gasteiger partial charge in [0.15, 0.2) is 5.58 Å². The van der Waals surface area contributed by atoms with E-state index in [1.54, 1.807) is 19.4 Å². The summed E-state index contributed by atoms with van der Waals surface area (Å²) in [6, 6.07) is 7.19. The number of aromatic nitrogens is 3. The van der Waals surface area contributed by atoms with Crippen LogP contribution in [0.1, 0.15) is 19.3 Å². The zero-order chi connectivity index (χ0) is 23.4. The van der Waals surface area contributed by atoms with Gasteiger partial charge in [-0.05, 0) is 43.5 Å². The number of fused-ring (bicyclic) bond motifs is 2. The minimum Gasteiger partial charge on any atom is -0.436 e. The SMILES string of the molecule is CNc1ncc(-c2nc3cc(N4CCC4C(N)=O)ccc3o2)c2cc(NC(=O)C3CC3)ncc12. The van der Waals surface area contributed by atoms with Crippen molar-refractivity contribution in [3.8, 4) is 11.5 Å².